The van der Waals surface area contributed by atoms with Gasteiger partial charge in [0, 0.05) is 31.7 Å². The van der Waals surface area contributed by atoms with E-state index in [0.29, 0.717) is 6.04 Å². The van der Waals surface area contributed by atoms with E-state index in [1.165, 1.54) is 0 Å². The largest absolute Gasteiger partial charge is 0.385 e. The number of piperidine rings is 1. The summed E-state index contributed by atoms with van der Waals surface area (Å²) in [5.41, 5.74) is 1.12. The fraction of sp³-hybridized carbons (Fsp3) is 0.529. The molecule has 0 amide bonds. The van der Waals surface area contributed by atoms with Gasteiger partial charge >= 0.3 is 0 Å². The first kappa shape index (κ1) is 15.2. The van der Waals surface area contributed by atoms with E-state index >= 15 is 0 Å². The molecular weight excluding hydrogens is 276 g/mol. The van der Waals surface area contributed by atoms with Gasteiger partial charge in [-0.15, -0.1) is 0 Å². The Bertz CT molecular complexity index is 590. The first-order valence-electron chi connectivity index (χ1n) is 7.97. The van der Waals surface area contributed by atoms with E-state index in [1.54, 1.807) is 6.20 Å². The Hall–Kier alpha value is -1.72. The molecule has 2 aromatic heterocycles. The first-order valence-corrected chi connectivity index (χ1v) is 7.97. The highest BCUT2D eigenvalue weighted by atomic mass is 16.3. The second-order valence-electron chi connectivity index (χ2n) is 6.15. The molecular formula is C17H24N4O. The zero-order chi connectivity index (χ0) is 15.5. The van der Waals surface area contributed by atoms with Crippen molar-refractivity contribution in [2.24, 2.45) is 13.0 Å². The molecule has 0 aliphatic carbocycles. The Kier molecular flexibility index (Phi) is 4.55. The Balaban J connectivity index is 1.60. The molecule has 1 N–H and O–H groups in total. The molecule has 0 saturated carbocycles. The molecule has 118 valence electrons. The fourth-order valence-corrected chi connectivity index (χ4v) is 3.31. The molecule has 22 heavy (non-hydrogen) atoms. The second kappa shape index (κ2) is 6.58. The maximum atomic E-state index is 10.5. The number of hydrogen-bond acceptors (Lipinski definition) is 4. The molecule has 0 spiro atoms. The van der Waals surface area contributed by atoms with Gasteiger partial charge in [-0.25, -0.2) is 4.98 Å². The summed E-state index contributed by atoms with van der Waals surface area (Å²) in [7, 11) is 1.93. The van der Waals surface area contributed by atoms with Gasteiger partial charge in [0.15, 0.2) is 0 Å². The molecule has 1 aliphatic heterocycles. The molecule has 0 radical (unpaired) electrons. The molecule has 1 aliphatic rings. The van der Waals surface area contributed by atoms with Crippen LogP contribution >= 0.6 is 0 Å². The van der Waals surface area contributed by atoms with Gasteiger partial charge in [-0.2, -0.15) is 0 Å². The summed E-state index contributed by atoms with van der Waals surface area (Å²) < 4.78 is 1.91. The van der Waals surface area contributed by atoms with Crippen LogP contribution in [-0.4, -0.2) is 37.6 Å². The number of hydrogen-bond donors (Lipinski definition) is 1. The normalized spacial score (nSPS) is 20.0. The minimum Gasteiger partial charge on any atom is -0.385 e. The minimum atomic E-state index is -0.465. The number of aliphatic hydroxyl groups excluding tert-OH is 1. The zero-order valence-corrected chi connectivity index (χ0v) is 13.3. The topological polar surface area (TPSA) is 54.2 Å². The van der Waals surface area contributed by atoms with Crippen LogP contribution in [0.1, 0.15) is 43.4 Å². The minimum absolute atomic E-state index is 0.285. The van der Waals surface area contributed by atoms with Crippen LogP contribution in [-0.2, 0) is 7.05 Å². The Morgan fingerprint density at radius 3 is 2.55 bits per heavy atom. The van der Waals surface area contributed by atoms with E-state index < -0.39 is 6.10 Å². The van der Waals surface area contributed by atoms with E-state index in [0.717, 1.165) is 37.4 Å². The standard InChI is InChI=1S/C17H24N4O/c1-13(15-5-3-4-8-18-15)21-10-6-14(7-11-21)16(22)17-19-9-12-20(17)2/h3-5,8-9,12-14,16,22H,6-7,10-11H2,1-2H3. The molecule has 2 unspecified atom stereocenters. The number of aryl methyl sites for hydroxylation is 1. The Morgan fingerprint density at radius 2 is 1.95 bits per heavy atom. The highest BCUT2D eigenvalue weighted by Gasteiger charge is 2.30. The Morgan fingerprint density at radius 1 is 1.18 bits per heavy atom. The maximum Gasteiger partial charge on any atom is 0.137 e. The lowest BCUT2D eigenvalue weighted by atomic mass is 9.90. The lowest BCUT2D eigenvalue weighted by molar-refractivity contribution is 0.0400. The zero-order valence-electron chi connectivity index (χ0n) is 13.3. The molecule has 0 aromatic carbocycles. The predicted molar refractivity (Wildman–Crippen MR) is 85.1 cm³/mol. The number of rotatable bonds is 4. The molecule has 2 atom stereocenters. The van der Waals surface area contributed by atoms with Gasteiger partial charge in [0.1, 0.15) is 11.9 Å². The van der Waals surface area contributed by atoms with Crippen LogP contribution in [0.2, 0.25) is 0 Å². The monoisotopic (exact) mass is 300 g/mol. The molecule has 1 fully saturated rings. The van der Waals surface area contributed by atoms with E-state index in [-0.39, 0.29) is 5.92 Å². The third kappa shape index (κ3) is 3.05. The fourth-order valence-electron chi connectivity index (χ4n) is 3.31. The first-order chi connectivity index (χ1) is 10.7. The van der Waals surface area contributed by atoms with Gasteiger partial charge in [-0.3, -0.25) is 9.88 Å². The van der Waals surface area contributed by atoms with Crippen LogP contribution in [0.3, 0.4) is 0 Å². The Labute approximate surface area is 131 Å². The van der Waals surface area contributed by atoms with E-state index in [9.17, 15) is 5.11 Å². The molecule has 2 aromatic rings. The van der Waals surface area contributed by atoms with Crippen LogP contribution in [0.25, 0.3) is 0 Å². The smallest absolute Gasteiger partial charge is 0.137 e. The van der Waals surface area contributed by atoms with Crippen LogP contribution in [0.15, 0.2) is 36.8 Å². The van der Waals surface area contributed by atoms with Crippen molar-refractivity contribution in [3.05, 3.63) is 48.3 Å². The highest BCUT2D eigenvalue weighted by molar-refractivity contribution is 5.08. The molecule has 5 heteroatoms. The number of aromatic nitrogens is 3. The molecule has 3 rings (SSSR count). The number of aliphatic hydroxyl groups is 1. The number of likely N-dealkylation sites (tertiary alicyclic amines) is 1. The summed E-state index contributed by atoms with van der Waals surface area (Å²) in [6, 6.07) is 6.40. The lowest BCUT2D eigenvalue weighted by Gasteiger charge is -2.37. The molecule has 5 nitrogen and oxygen atoms in total. The van der Waals surface area contributed by atoms with Crippen LogP contribution in [0, 0.1) is 5.92 Å². The summed E-state index contributed by atoms with van der Waals surface area (Å²) in [6.07, 6.45) is 7.00. The van der Waals surface area contributed by atoms with Crippen molar-refractivity contribution in [2.75, 3.05) is 13.1 Å². The van der Waals surface area contributed by atoms with Crippen molar-refractivity contribution in [3.63, 3.8) is 0 Å². The predicted octanol–water partition coefficient (Wildman–Crippen LogP) is 2.32. The summed E-state index contributed by atoms with van der Waals surface area (Å²) in [6.45, 7) is 4.19. The van der Waals surface area contributed by atoms with Crippen LogP contribution in [0.4, 0.5) is 0 Å². The van der Waals surface area contributed by atoms with Crippen molar-refractivity contribution < 1.29 is 5.11 Å². The van der Waals surface area contributed by atoms with E-state index in [2.05, 4.69) is 27.9 Å². The van der Waals surface area contributed by atoms with Gasteiger partial charge < -0.3 is 9.67 Å². The molecule has 1 saturated heterocycles. The van der Waals surface area contributed by atoms with Crippen LogP contribution < -0.4 is 0 Å². The van der Waals surface area contributed by atoms with Crippen molar-refractivity contribution in [1.82, 2.24) is 19.4 Å². The maximum absolute atomic E-state index is 10.5. The van der Waals surface area contributed by atoms with Crippen molar-refractivity contribution >= 4 is 0 Å². The van der Waals surface area contributed by atoms with E-state index in [4.69, 9.17) is 0 Å². The molecule has 3 heterocycles. The SMILES string of the molecule is CC(c1ccccn1)N1CCC(C(O)c2nccn2C)CC1. The highest BCUT2D eigenvalue weighted by Crippen LogP contribution is 2.32. The third-order valence-electron chi connectivity index (χ3n) is 4.81. The lowest BCUT2D eigenvalue weighted by Crippen LogP contribution is -2.37. The second-order valence-corrected chi connectivity index (χ2v) is 6.15. The van der Waals surface area contributed by atoms with Crippen molar-refractivity contribution in [1.29, 1.82) is 0 Å². The van der Waals surface area contributed by atoms with Crippen LogP contribution in [0.5, 0.6) is 0 Å². The average molecular weight is 300 g/mol. The number of pyridine rings is 1. The number of nitrogens with zero attached hydrogens (tertiary/aromatic N) is 4. The summed E-state index contributed by atoms with van der Waals surface area (Å²) in [5.74, 6) is 1.06. The van der Waals surface area contributed by atoms with Crippen molar-refractivity contribution in [2.45, 2.75) is 31.9 Å². The van der Waals surface area contributed by atoms with Gasteiger partial charge in [0.2, 0.25) is 0 Å². The van der Waals surface area contributed by atoms with E-state index in [1.807, 2.05) is 36.1 Å². The third-order valence-corrected chi connectivity index (χ3v) is 4.81. The summed E-state index contributed by atoms with van der Waals surface area (Å²) in [4.78, 5) is 11.2. The van der Waals surface area contributed by atoms with Gasteiger partial charge in [0.05, 0.1) is 5.69 Å². The van der Waals surface area contributed by atoms with Gasteiger partial charge in [-0.1, -0.05) is 6.07 Å². The average Bonchev–Trinajstić information content (AvgIpc) is 3.00. The van der Waals surface area contributed by atoms with Crippen molar-refractivity contribution in [3.8, 4) is 0 Å². The molecule has 0 bridgehead atoms. The summed E-state index contributed by atoms with van der Waals surface area (Å²) >= 11 is 0. The number of imidazole rings is 1. The van der Waals surface area contributed by atoms with Gasteiger partial charge in [0.25, 0.3) is 0 Å². The summed E-state index contributed by atoms with van der Waals surface area (Å²) in [5, 5.41) is 10.5. The quantitative estimate of drug-likeness (QED) is 0.941. The van der Waals surface area contributed by atoms with Gasteiger partial charge in [-0.05, 0) is 50.9 Å².